The first-order valence-corrected chi connectivity index (χ1v) is 13.2. The third kappa shape index (κ3) is 9.45. The fourth-order valence-electron chi connectivity index (χ4n) is 4.28. The summed E-state index contributed by atoms with van der Waals surface area (Å²) in [5, 5.41) is 24.0. The predicted octanol–water partition coefficient (Wildman–Crippen LogP) is 4.02. The summed E-state index contributed by atoms with van der Waals surface area (Å²) in [7, 11) is 0. The Balaban J connectivity index is 2.33. The first-order valence-electron chi connectivity index (χ1n) is 13.2. The van der Waals surface area contributed by atoms with Crippen molar-refractivity contribution in [2.24, 2.45) is 0 Å². The van der Waals surface area contributed by atoms with Crippen LogP contribution in [0.5, 0.6) is 0 Å². The molecular formula is C29H40F2N2O5. The number of nitrogens with one attached hydrogen (secondary N) is 1. The second kappa shape index (κ2) is 15.5. The lowest BCUT2D eigenvalue weighted by atomic mass is 9.96. The van der Waals surface area contributed by atoms with E-state index in [9.17, 15) is 28.6 Å². The monoisotopic (exact) mass is 534 g/mol. The highest BCUT2D eigenvalue weighted by Gasteiger charge is 2.29. The van der Waals surface area contributed by atoms with Gasteiger partial charge in [0.05, 0.1) is 12.6 Å². The van der Waals surface area contributed by atoms with Crippen LogP contribution in [0, 0.1) is 18.6 Å². The summed E-state index contributed by atoms with van der Waals surface area (Å²) in [6.45, 7) is 9.04. The Morgan fingerprint density at radius 1 is 0.921 bits per heavy atom. The van der Waals surface area contributed by atoms with Gasteiger partial charge in [-0.25, -0.2) is 8.78 Å². The molecule has 9 heteroatoms. The average Bonchev–Trinajstić information content (AvgIpc) is 2.86. The van der Waals surface area contributed by atoms with Crippen molar-refractivity contribution in [1.82, 2.24) is 10.2 Å². The van der Waals surface area contributed by atoms with Crippen LogP contribution in [0.2, 0.25) is 0 Å². The normalized spacial score (nSPS) is 13.6. The molecule has 2 amide bonds. The lowest BCUT2D eigenvalue weighted by molar-refractivity contribution is -0.0505. The number of benzene rings is 2. The van der Waals surface area contributed by atoms with Crippen molar-refractivity contribution >= 4 is 11.8 Å². The van der Waals surface area contributed by atoms with E-state index in [2.05, 4.69) is 5.32 Å². The van der Waals surface area contributed by atoms with Crippen molar-refractivity contribution in [3.8, 4) is 0 Å². The topological polar surface area (TPSA) is 99.1 Å². The van der Waals surface area contributed by atoms with E-state index in [0.717, 1.165) is 31.0 Å². The number of halogens is 2. The first-order chi connectivity index (χ1) is 18.1. The molecule has 0 aromatic heterocycles. The number of carbonyl (C=O) groups is 2. The molecule has 0 aliphatic rings. The van der Waals surface area contributed by atoms with Crippen molar-refractivity contribution < 1.29 is 33.3 Å². The van der Waals surface area contributed by atoms with Gasteiger partial charge >= 0.3 is 0 Å². The second-order valence-corrected chi connectivity index (χ2v) is 9.57. The SMILES string of the molecule is CCCOCC(O)C(O)[C@H](Cc1cc(F)cc(F)c1)NC(=O)c1cc(C)cc(C(=O)N(CCC)CCC)c1. The number of hydrogen-bond acceptors (Lipinski definition) is 5. The molecule has 2 aromatic carbocycles. The molecule has 0 aliphatic heterocycles. The van der Waals surface area contributed by atoms with Gasteiger partial charge in [-0.1, -0.05) is 20.8 Å². The Morgan fingerprint density at radius 3 is 2.11 bits per heavy atom. The highest BCUT2D eigenvalue weighted by molar-refractivity contribution is 6.00. The number of ether oxygens (including phenoxy) is 1. The van der Waals surface area contributed by atoms with Crippen LogP contribution in [0.25, 0.3) is 0 Å². The number of aliphatic hydroxyl groups excluding tert-OH is 2. The van der Waals surface area contributed by atoms with E-state index in [0.29, 0.717) is 37.2 Å². The Bertz CT molecular complexity index is 1040. The standard InChI is InChI=1S/C29H40F2N2O5/c1-5-8-33(9-6-2)29(37)22-12-19(4)11-21(16-22)28(36)32-25(27(35)26(34)18-38-10-7-3)15-20-13-23(30)17-24(31)14-20/h11-14,16-17,25-27,34-35H,5-10,15,18H2,1-4H3,(H,32,36)/t25-,26?,27?/m0/s1. The summed E-state index contributed by atoms with van der Waals surface area (Å²) >= 11 is 0. The maximum atomic E-state index is 13.8. The molecule has 0 fully saturated rings. The van der Waals surface area contributed by atoms with E-state index >= 15 is 0 Å². The summed E-state index contributed by atoms with van der Waals surface area (Å²) in [5.74, 6) is -2.36. The smallest absolute Gasteiger partial charge is 0.253 e. The average molecular weight is 535 g/mol. The van der Waals surface area contributed by atoms with Crippen LogP contribution < -0.4 is 5.32 Å². The van der Waals surface area contributed by atoms with Crippen LogP contribution in [0.15, 0.2) is 36.4 Å². The van der Waals surface area contributed by atoms with E-state index < -0.39 is 35.8 Å². The van der Waals surface area contributed by atoms with Crippen molar-refractivity contribution in [3.05, 3.63) is 70.3 Å². The molecule has 210 valence electrons. The van der Waals surface area contributed by atoms with Crippen molar-refractivity contribution in [2.75, 3.05) is 26.3 Å². The zero-order valence-electron chi connectivity index (χ0n) is 22.7. The summed E-state index contributed by atoms with van der Waals surface area (Å²) in [5.41, 5.74) is 1.46. The molecule has 3 N–H and O–H groups in total. The van der Waals surface area contributed by atoms with Gasteiger partial charge in [-0.15, -0.1) is 0 Å². The van der Waals surface area contributed by atoms with Gasteiger partial charge in [-0.3, -0.25) is 9.59 Å². The fraction of sp³-hybridized carbons (Fsp3) is 0.517. The Hall–Kier alpha value is -2.88. The zero-order valence-corrected chi connectivity index (χ0v) is 22.7. The third-order valence-corrected chi connectivity index (χ3v) is 6.00. The van der Waals surface area contributed by atoms with E-state index in [4.69, 9.17) is 4.74 Å². The number of amides is 2. The number of rotatable bonds is 15. The summed E-state index contributed by atoms with van der Waals surface area (Å²) in [4.78, 5) is 28.2. The molecule has 2 rings (SSSR count). The van der Waals surface area contributed by atoms with Gasteiger partial charge < -0.3 is 25.2 Å². The van der Waals surface area contributed by atoms with Crippen LogP contribution in [-0.4, -0.2) is 71.5 Å². The van der Waals surface area contributed by atoms with Crippen LogP contribution >= 0.6 is 0 Å². The van der Waals surface area contributed by atoms with Gasteiger partial charge in [-0.2, -0.15) is 0 Å². The summed E-state index contributed by atoms with van der Waals surface area (Å²) in [6, 6.07) is 6.67. The molecule has 7 nitrogen and oxygen atoms in total. The molecule has 0 heterocycles. The van der Waals surface area contributed by atoms with Crippen LogP contribution in [0.1, 0.15) is 71.9 Å². The van der Waals surface area contributed by atoms with Gasteiger partial charge in [0.25, 0.3) is 11.8 Å². The van der Waals surface area contributed by atoms with E-state index in [1.807, 2.05) is 20.8 Å². The van der Waals surface area contributed by atoms with Crippen molar-refractivity contribution in [2.45, 2.75) is 71.6 Å². The molecule has 0 spiro atoms. The highest BCUT2D eigenvalue weighted by Crippen LogP contribution is 2.17. The van der Waals surface area contributed by atoms with Crippen LogP contribution in [-0.2, 0) is 11.2 Å². The summed E-state index contributed by atoms with van der Waals surface area (Å²) in [6.07, 6.45) is -0.668. The predicted molar refractivity (Wildman–Crippen MR) is 142 cm³/mol. The molecule has 3 atom stereocenters. The van der Waals surface area contributed by atoms with Crippen LogP contribution in [0.4, 0.5) is 8.78 Å². The summed E-state index contributed by atoms with van der Waals surface area (Å²) < 4.78 is 33.0. The first kappa shape index (κ1) is 31.3. The molecule has 0 radical (unpaired) electrons. The fourth-order valence-corrected chi connectivity index (χ4v) is 4.28. The van der Waals surface area contributed by atoms with E-state index in [1.165, 1.54) is 6.07 Å². The Labute approximate surface area is 223 Å². The number of nitrogens with zero attached hydrogens (tertiary/aromatic N) is 1. The van der Waals surface area contributed by atoms with Gasteiger partial charge in [0.1, 0.15) is 23.8 Å². The quantitative estimate of drug-likeness (QED) is 0.300. The Kier molecular flexibility index (Phi) is 12.8. The lowest BCUT2D eigenvalue weighted by Gasteiger charge is -2.28. The molecule has 0 aliphatic carbocycles. The van der Waals surface area contributed by atoms with Crippen molar-refractivity contribution in [1.29, 1.82) is 0 Å². The van der Waals surface area contributed by atoms with Crippen LogP contribution in [0.3, 0.4) is 0 Å². The molecular weight excluding hydrogens is 494 g/mol. The lowest BCUT2D eigenvalue weighted by Crippen LogP contribution is -2.51. The van der Waals surface area contributed by atoms with Crippen molar-refractivity contribution in [3.63, 3.8) is 0 Å². The zero-order chi connectivity index (χ0) is 28.2. The number of aryl methyl sites for hydroxylation is 1. The van der Waals surface area contributed by atoms with Gasteiger partial charge in [-0.05, 0) is 74.1 Å². The van der Waals surface area contributed by atoms with Gasteiger partial charge in [0.15, 0.2) is 0 Å². The number of hydrogen-bond donors (Lipinski definition) is 3. The van der Waals surface area contributed by atoms with Gasteiger partial charge in [0, 0.05) is 36.9 Å². The molecule has 38 heavy (non-hydrogen) atoms. The minimum absolute atomic E-state index is 0.148. The molecule has 0 saturated carbocycles. The molecule has 2 unspecified atom stereocenters. The molecule has 0 bridgehead atoms. The largest absolute Gasteiger partial charge is 0.388 e. The molecule has 2 aromatic rings. The number of carbonyl (C=O) groups excluding carboxylic acids is 2. The van der Waals surface area contributed by atoms with E-state index in [-0.39, 0.29) is 30.1 Å². The third-order valence-electron chi connectivity index (χ3n) is 6.00. The minimum Gasteiger partial charge on any atom is -0.388 e. The minimum atomic E-state index is -1.49. The van der Waals surface area contributed by atoms with E-state index in [1.54, 1.807) is 24.0 Å². The molecule has 0 saturated heterocycles. The Morgan fingerprint density at radius 2 is 1.53 bits per heavy atom. The van der Waals surface area contributed by atoms with Gasteiger partial charge in [0.2, 0.25) is 0 Å². The second-order valence-electron chi connectivity index (χ2n) is 9.57. The maximum absolute atomic E-state index is 13.8. The highest BCUT2D eigenvalue weighted by atomic mass is 19.1. The maximum Gasteiger partial charge on any atom is 0.253 e. The number of aliphatic hydroxyl groups is 2.